The third kappa shape index (κ3) is 3.29. The first-order chi connectivity index (χ1) is 14.8. The van der Waals surface area contributed by atoms with Gasteiger partial charge in [0.05, 0.1) is 0 Å². The fraction of sp³-hybridized carbons (Fsp3) is 0.241. The van der Waals surface area contributed by atoms with E-state index in [4.69, 9.17) is 0 Å². The highest BCUT2D eigenvalue weighted by atomic mass is 16.3. The Balaban J connectivity index is 1.60. The Morgan fingerprint density at radius 1 is 0.767 bits per heavy atom. The van der Waals surface area contributed by atoms with Gasteiger partial charge in [0.1, 0.15) is 5.75 Å². The van der Waals surface area contributed by atoms with E-state index >= 15 is 0 Å². The van der Waals surface area contributed by atoms with Gasteiger partial charge in [-0.15, -0.1) is 0 Å². The molecule has 4 aromatic carbocycles. The molecule has 0 aliphatic heterocycles. The second kappa shape index (κ2) is 7.99. The Morgan fingerprint density at radius 2 is 1.57 bits per heavy atom. The Kier molecular flexibility index (Phi) is 5.04. The second-order valence-corrected chi connectivity index (χ2v) is 8.50. The molecule has 0 fully saturated rings. The van der Waals surface area contributed by atoms with Gasteiger partial charge in [0.2, 0.25) is 0 Å². The van der Waals surface area contributed by atoms with Gasteiger partial charge < -0.3 is 5.11 Å². The van der Waals surface area contributed by atoms with Crippen LogP contribution in [0.2, 0.25) is 0 Å². The Morgan fingerprint density at radius 3 is 2.40 bits per heavy atom. The van der Waals surface area contributed by atoms with Gasteiger partial charge in [-0.2, -0.15) is 0 Å². The minimum absolute atomic E-state index is 0.381. The van der Waals surface area contributed by atoms with Crippen molar-refractivity contribution < 1.29 is 5.11 Å². The van der Waals surface area contributed by atoms with E-state index in [0.717, 1.165) is 18.2 Å². The molecule has 0 amide bonds. The number of benzene rings is 4. The molecule has 0 spiro atoms. The summed E-state index contributed by atoms with van der Waals surface area (Å²) in [6.07, 6.45) is 7.22. The van der Waals surface area contributed by atoms with E-state index in [1.807, 2.05) is 12.1 Å². The van der Waals surface area contributed by atoms with Crippen molar-refractivity contribution in [3.8, 4) is 28.0 Å². The molecule has 1 aliphatic rings. The van der Waals surface area contributed by atoms with Crippen molar-refractivity contribution in [3.05, 3.63) is 89.5 Å². The normalized spacial score (nSPS) is 12.2. The number of fused-ring (bicyclic) bond motifs is 5. The smallest absolute Gasteiger partial charge is 0.123 e. The van der Waals surface area contributed by atoms with Crippen molar-refractivity contribution >= 4 is 10.8 Å². The summed E-state index contributed by atoms with van der Waals surface area (Å²) in [6, 6.07) is 25.9. The maximum absolute atomic E-state index is 10.8. The lowest BCUT2D eigenvalue weighted by Crippen LogP contribution is -1.90. The molecule has 30 heavy (non-hydrogen) atoms. The fourth-order valence-corrected chi connectivity index (χ4v) is 4.93. The molecule has 1 aliphatic carbocycles. The van der Waals surface area contributed by atoms with E-state index in [0.29, 0.717) is 5.75 Å². The summed E-state index contributed by atoms with van der Waals surface area (Å²) < 4.78 is 0. The van der Waals surface area contributed by atoms with Crippen molar-refractivity contribution in [3.63, 3.8) is 0 Å². The number of hydrogen-bond donors (Lipinski definition) is 1. The SMILES string of the molecule is CCCCCCc1ccc(-c2cccc3c(O)cc4c(c23)-c2ccccc2C4)cc1. The maximum atomic E-state index is 10.8. The lowest BCUT2D eigenvalue weighted by Gasteiger charge is -2.14. The van der Waals surface area contributed by atoms with E-state index < -0.39 is 0 Å². The highest BCUT2D eigenvalue weighted by molar-refractivity contribution is 6.11. The maximum Gasteiger partial charge on any atom is 0.123 e. The zero-order valence-corrected chi connectivity index (χ0v) is 17.6. The van der Waals surface area contributed by atoms with Gasteiger partial charge in [0.15, 0.2) is 0 Å². The molecule has 1 nitrogen and oxygen atoms in total. The highest BCUT2D eigenvalue weighted by Crippen LogP contribution is 2.47. The van der Waals surface area contributed by atoms with Crippen LogP contribution in [0.15, 0.2) is 72.8 Å². The van der Waals surface area contributed by atoms with Crippen LogP contribution in [0.1, 0.15) is 49.3 Å². The Labute approximate surface area is 179 Å². The lowest BCUT2D eigenvalue weighted by molar-refractivity contribution is 0.481. The van der Waals surface area contributed by atoms with Crippen molar-refractivity contribution in [2.75, 3.05) is 0 Å². The van der Waals surface area contributed by atoms with Gasteiger partial charge in [-0.3, -0.25) is 0 Å². The second-order valence-electron chi connectivity index (χ2n) is 8.50. The van der Waals surface area contributed by atoms with Crippen LogP contribution < -0.4 is 0 Å². The molecule has 1 N–H and O–H groups in total. The van der Waals surface area contributed by atoms with E-state index in [-0.39, 0.29) is 0 Å². The van der Waals surface area contributed by atoms with Gasteiger partial charge in [0, 0.05) is 10.8 Å². The zero-order valence-electron chi connectivity index (χ0n) is 17.6. The number of hydrogen-bond acceptors (Lipinski definition) is 1. The number of aromatic hydroxyl groups is 1. The summed E-state index contributed by atoms with van der Waals surface area (Å²) in [5.74, 6) is 0.381. The van der Waals surface area contributed by atoms with Crippen LogP contribution in [0.4, 0.5) is 0 Å². The van der Waals surface area contributed by atoms with Gasteiger partial charge in [0.25, 0.3) is 0 Å². The molecule has 150 valence electrons. The van der Waals surface area contributed by atoms with Crippen molar-refractivity contribution in [2.45, 2.75) is 45.4 Å². The molecule has 5 rings (SSSR count). The molecule has 0 unspecified atom stereocenters. The minimum Gasteiger partial charge on any atom is -0.507 e. The van der Waals surface area contributed by atoms with Crippen molar-refractivity contribution in [2.24, 2.45) is 0 Å². The van der Waals surface area contributed by atoms with E-state index in [2.05, 4.69) is 67.6 Å². The summed E-state index contributed by atoms with van der Waals surface area (Å²) in [6.45, 7) is 2.26. The monoisotopic (exact) mass is 392 g/mol. The van der Waals surface area contributed by atoms with E-state index in [1.54, 1.807) is 0 Å². The third-order valence-electron chi connectivity index (χ3n) is 6.47. The van der Waals surface area contributed by atoms with Gasteiger partial charge in [-0.1, -0.05) is 92.9 Å². The summed E-state index contributed by atoms with van der Waals surface area (Å²) >= 11 is 0. The molecule has 1 heteroatoms. The van der Waals surface area contributed by atoms with Crippen molar-refractivity contribution in [1.82, 2.24) is 0 Å². The van der Waals surface area contributed by atoms with Gasteiger partial charge in [-0.05, 0) is 64.3 Å². The molecule has 0 saturated carbocycles. The van der Waals surface area contributed by atoms with Crippen LogP contribution in [0.25, 0.3) is 33.0 Å². The molecule has 0 bridgehead atoms. The Hall–Kier alpha value is -3.06. The summed E-state index contributed by atoms with van der Waals surface area (Å²) in [5, 5.41) is 12.9. The van der Waals surface area contributed by atoms with Crippen molar-refractivity contribution in [1.29, 1.82) is 0 Å². The quantitative estimate of drug-likeness (QED) is 0.291. The first-order valence-corrected chi connectivity index (χ1v) is 11.2. The zero-order chi connectivity index (χ0) is 20.5. The van der Waals surface area contributed by atoms with E-state index in [1.165, 1.54) is 70.0 Å². The first kappa shape index (κ1) is 18.9. The topological polar surface area (TPSA) is 20.2 Å². The van der Waals surface area contributed by atoms with Crippen LogP contribution in [0, 0.1) is 0 Å². The van der Waals surface area contributed by atoms with Crippen LogP contribution in [0.3, 0.4) is 0 Å². The van der Waals surface area contributed by atoms with Crippen LogP contribution >= 0.6 is 0 Å². The largest absolute Gasteiger partial charge is 0.507 e. The summed E-state index contributed by atoms with van der Waals surface area (Å²) in [5.41, 5.74) is 8.99. The van der Waals surface area contributed by atoms with Crippen LogP contribution in [0.5, 0.6) is 5.75 Å². The van der Waals surface area contributed by atoms with Crippen LogP contribution in [-0.2, 0) is 12.8 Å². The standard InChI is InChI=1S/C29H28O/c1-2-3-4-5-9-20-14-16-21(17-15-20)24-12-8-13-26-27(30)19-23-18-22-10-6-7-11-25(22)28(23)29(24)26/h6-8,10-17,19,30H,2-5,9,18H2,1H3. The number of phenolic OH excluding ortho intramolecular Hbond substituents is 1. The van der Waals surface area contributed by atoms with Gasteiger partial charge >= 0.3 is 0 Å². The predicted octanol–water partition coefficient (Wildman–Crippen LogP) is 7.91. The molecule has 4 aromatic rings. The summed E-state index contributed by atoms with van der Waals surface area (Å²) in [4.78, 5) is 0. The lowest BCUT2D eigenvalue weighted by atomic mass is 9.90. The molecular formula is C29H28O. The van der Waals surface area contributed by atoms with E-state index in [9.17, 15) is 5.11 Å². The molecule has 0 heterocycles. The molecule has 0 atom stereocenters. The first-order valence-electron chi connectivity index (χ1n) is 11.2. The third-order valence-corrected chi connectivity index (χ3v) is 6.47. The summed E-state index contributed by atoms with van der Waals surface area (Å²) in [7, 11) is 0. The molecular weight excluding hydrogens is 364 g/mol. The van der Waals surface area contributed by atoms with Gasteiger partial charge in [-0.25, -0.2) is 0 Å². The molecule has 0 radical (unpaired) electrons. The Bertz CT molecular complexity index is 1200. The molecule has 0 saturated heterocycles. The van der Waals surface area contributed by atoms with Crippen LogP contribution in [-0.4, -0.2) is 5.11 Å². The molecule has 0 aromatic heterocycles. The number of aryl methyl sites for hydroxylation is 1. The average molecular weight is 393 g/mol. The number of rotatable bonds is 6. The highest BCUT2D eigenvalue weighted by Gasteiger charge is 2.24. The number of phenols is 1. The average Bonchev–Trinajstić information content (AvgIpc) is 3.15. The fourth-order valence-electron chi connectivity index (χ4n) is 4.93. The predicted molar refractivity (Wildman–Crippen MR) is 127 cm³/mol. The minimum atomic E-state index is 0.381. The number of unbranched alkanes of at least 4 members (excludes halogenated alkanes) is 3.